The van der Waals surface area contributed by atoms with Crippen LogP contribution >= 0.6 is 23.2 Å². The maximum absolute atomic E-state index is 12.4. The van der Waals surface area contributed by atoms with Gasteiger partial charge in [-0.3, -0.25) is 0 Å². The standard InChI is InChI=1S/C25H32Cl2N6O6S/c1-40(35,36)33-16-22(21-14-19(26)15-24(27)23(21)17-33)18-3-2-4-20(13-18)31-25(34)29-5-7-37-9-11-39-12-10-38-8-6-30-32-28/h2-4,13-15,22H,5-12,16-17H2,1H3,(H2,29,31,34). The lowest BCUT2D eigenvalue weighted by atomic mass is 9.85. The van der Waals surface area contributed by atoms with Gasteiger partial charge in [0.1, 0.15) is 0 Å². The number of nitrogens with zero attached hydrogens (tertiary/aromatic N) is 4. The van der Waals surface area contributed by atoms with Gasteiger partial charge in [-0.2, -0.15) is 4.31 Å². The van der Waals surface area contributed by atoms with Crippen molar-refractivity contribution < 1.29 is 27.4 Å². The van der Waals surface area contributed by atoms with E-state index in [0.717, 1.165) is 11.1 Å². The Balaban J connectivity index is 1.46. The van der Waals surface area contributed by atoms with Gasteiger partial charge >= 0.3 is 6.03 Å². The highest BCUT2D eigenvalue weighted by Crippen LogP contribution is 2.40. The first kappa shape index (κ1) is 31.9. The lowest BCUT2D eigenvalue weighted by Crippen LogP contribution is -2.38. The number of nitrogens with one attached hydrogen (secondary N) is 2. The Morgan fingerprint density at radius 2 is 1.80 bits per heavy atom. The number of carbonyl (C=O) groups excluding carboxylic acids is 1. The van der Waals surface area contributed by atoms with E-state index in [1.165, 1.54) is 10.6 Å². The summed E-state index contributed by atoms with van der Waals surface area (Å²) in [5, 5.41) is 9.77. The second-order valence-electron chi connectivity index (χ2n) is 8.86. The number of halogens is 2. The molecule has 40 heavy (non-hydrogen) atoms. The molecule has 2 aromatic rings. The molecule has 12 nitrogen and oxygen atoms in total. The SMILES string of the molecule is CS(=O)(=O)N1Cc2c(Cl)cc(Cl)cc2C(c2cccc(NC(=O)NCCOCCOCCOCCN=[N+]=[N-])c2)C1. The van der Waals surface area contributed by atoms with Crippen molar-refractivity contribution in [2.75, 3.05) is 70.8 Å². The number of amides is 2. The molecular formula is C25H32Cl2N6O6S. The zero-order valence-corrected chi connectivity index (χ0v) is 24.3. The fourth-order valence-electron chi connectivity index (χ4n) is 4.12. The van der Waals surface area contributed by atoms with Gasteiger partial charge in [-0.1, -0.05) is 40.4 Å². The molecule has 0 aliphatic carbocycles. The van der Waals surface area contributed by atoms with Crippen LogP contribution in [0.4, 0.5) is 10.5 Å². The fourth-order valence-corrected chi connectivity index (χ4v) is 5.47. The zero-order chi connectivity index (χ0) is 29.0. The Bertz CT molecular complexity index is 1310. The number of anilines is 1. The topological polar surface area (TPSA) is 155 Å². The van der Waals surface area contributed by atoms with Crippen molar-refractivity contribution in [2.24, 2.45) is 5.11 Å². The second kappa shape index (κ2) is 16.0. The monoisotopic (exact) mass is 614 g/mol. The van der Waals surface area contributed by atoms with Crippen LogP contribution < -0.4 is 10.6 Å². The maximum atomic E-state index is 12.4. The van der Waals surface area contributed by atoms with Crippen molar-refractivity contribution in [2.45, 2.75) is 12.5 Å². The molecule has 1 heterocycles. The van der Waals surface area contributed by atoms with Gasteiger partial charge in [0.2, 0.25) is 10.0 Å². The summed E-state index contributed by atoms with van der Waals surface area (Å²) in [7, 11) is -3.47. The number of sulfonamides is 1. The molecule has 15 heteroatoms. The van der Waals surface area contributed by atoms with E-state index in [-0.39, 0.29) is 25.6 Å². The number of azide groups is 1. The van der Waals surface area contributed by atoms with Crippen LogP contribution in [0.2, 0.25) is 10.0 Å². The van der Waals surface area contributed by atoms with Crippen molar-refractivity contribution in [1.82, 2.24) is 9.62 Å². The van der Waals surface area contributed by atoms with E-state index in [0.29, 0.717) is 67.5 Å². The third-order valence-electron chi connectivity index (χ3n) is 5.98. The van der Waals surface area contributed by atoms with E-state index in [9.17, 15) is 13.2 Å². The van der Waals surface area contributed by atoms with Gasteiger partial charge < -0.3 is 24.8 Å². The van der Waals surface area contributed by atoms with Crippen molar-refractivity contribution in [3.05, 3.63) is 73.6 Å². The van der Waals surface area contributed by atoms with E-state index in [1.54, 1.807) is 18.2 Å². The van der Waals surface area contributed by atoms with Crippen LogP contribution in [-0.4, -0.2) is 84.3 Å². The van der Waals surface area contributed by atoms with Crippen molar-refractivity contribution in [3.8, 4) is 0 Å². The number of carbonyl (C=O) groups is 1. The first-order valence-electron chi connectivity index (χ1n) is 12.5. The summed E-state index contributed by atoms with van der Waals surface area (Å²) in [6, 6.07) is 10.3. The zero-order valence-electron chi connectivity index (χ0n) is 22.0. The van der Waals surface area contributed by atoms with Crippen molar-refractivity contribution >= 4 is 44.9 Å². The molecular weight excluding hydrogens is 583 g/mol. The Labute approximate surface area is 243 Å². The molecule has 0 spiro atoms. The molecule has 0 saturated carbocycles. The molecule has 2 amide bonds. The number of hydrogen-bond donors (Lipinski definition) is 2. The molecule has 2 aromatic carbocycles. The Morgan fingerprint density at radius 3 is 2.50 bits per heavy atom. The summed E-state index contributed by atoms with van der Waals surface area (Å²) < 4.78 is 42.2. The largest absolute Gasteiger partial charge is 0.379 e. The summed E-state index contributed by atoms with van der Waals surface area (Å²) >= 11 is 12.7. The van der Waals surface area contributed by atoms with E-state index in [1.807, 2.05) is 18.2 Å². The number of benzene rings is 2. The molecule has 218 valence electrons. The first-order valence-corrected chi connectivity index (χ1v) is 15.1. The summed E-state index contributed by atoms with van der Waals surface area (Å²) in [5.74, 6) is -0.320. The third-order valence-corrected chi connectivity index (χ3v) is 7.75. The molecule has 0 radical (unpaired) electrons. The van der Waals surface area contributed by atoms with Crippen molar-refractivity contribution in [1.29, 1.82) is 0 Å². The van der Waals surface area contributed by atoms with E-state index in [4.69, 9.17) is 42.9 Å². The normalized spacial score (nSPS) is 15.2. The maximum Gasteiger partial charge on any atom is 0.319 e. The van der Waals surface area contributed by atoms with Gasteiger partial charge in [-0.05, 0) is 46.5 Å². The Morgan fingerprint density at radius 1 is 1.10 bits per heavy atom. The fraction of sp³-hybridized carbons (Fsp3) is 0.480. The molecule has 1 unspecified atom stereocenters. The Hall–Kier alpha value is -2.61. The lowest BCUT2D eigenvalue weighted by molar-refractivity contribution is 0.0169. The van der Waals surface area contributed by atoms with Crippen LogP contribution in [0.1, 0.15) is 22.6 Å². The predicted molar refractivity (Wildman–Crippen MR) is 153 cm³/mol. The summed E-state index contributed by atoms with van der Waals surface area (Å²) in [5.41, 5.74) is 11.1. The highest BCUT2D eigenvalue weighted by Gasteiger charge is 2.33. The summed E-state index contributed by atoms with van der Waals surface area (Å²) in [6.07, 6.45) is 1.17. The van der Waals surface area contributed by atoms with E-state index in [2.05, 4.69) is 20.7 Å². The van der Waals surface area contributed by atoms with E-state index < -0.39 is 16.1 Å². The number of fused-ring (bicyclic) bond motifs is 1. The molecule has 0 aromatic heterocycles. The molecule has 1 atom stereocenters. The second-order valence-corrected chi connectivity index (χ2v) is 11.7. The van der Waals surface area contributed by atoms with E-state index >= 15 is 0 Å². The highest BCUT2D eigenvalue weighted by atomic mass is 35.5. The van der Waals surface area contributed by atoms with Crippen LogP contribution in [-0.2, 0) is 30.8 Å². The number of rotatable bonds is 15. The van der Waals surface area contributed by atoms with Gasteiger partial charge in [0.05, 0.1) is 45.9 Å². The first-order chi connectivity index (χ1) is 19.2. The minimum absolute atomic E-state index is 0.170. The van der Waals surface area contributed by atoms with Gasteiger partial charge in [0.15, 0.2) is 0 Å². The molecule has 1 aliphatic rings. The molecule has 0 bridgehead atoms. The number of hydrogen-bond acceptors (Lipinski definition) is 7. The van der Waals surface area contributed by atoms with Crippen LogP contribution in [0.3, 0.4) is 0 Å². The minimum Gasteiger partial charge on any atom is -0.379 e. The highest BCUT2D eigenvalue weighted by molar-refractivity contribution is 7.88. The van der Waals surface area contributed by atoms with Crippen LogP contribution in [0.5, 0.6) is 0 Å². The lowest BCUT2D eigenvalue weighted by Gasteiger charge is -2.34. The average molecular weight is 616 g/mol. The average Bonchev–Trinajstić information content (AvgIpc) is 2.90. The van der Waals surface area contributed by atoms with Gasteiger partial charge in [0, 0.05) is 52.7 Å². The summed E-state index contributed by atoms with van der Waals surface area (Å²) in [4.78, 5) is 15.0. The van der Waals surface area contributed by atoms with Crippen LogP contribution in [0.25, 0.3) is 10.4 Å². The summed E-state index contributed by atoms with van der Waals surface area (Å²) in [6.45, 7) is 3.19. The molecule has 2 N–H and O–H groups in total. The van der Waals surface area contributed by atoms with Gasteiger partial charge in [-0.15, -0.1) is 0 Å². The quantitative estimate of drug-likeness (QED) is 0.131. The molecule has 0 fully saturated rings. The van der Waals surface area contributed by atoms with Crippen molar-refractivity contribution in [3.63, 3.8) is 0 Å². The Kier molecular flexibility index (Phi) is 12.8. The molecule has 0 saturated heterocycles. The van der Waals surface area contributed by atoms with Gasteiger partial charge in [0.25, 0.3) is 0 Å². The minimum atomic E-state index is -3.47. The predicted octanol–water partition coefficient (Wildman–Crippen LogP) is 4.38. The van der Waals surface area contributed by atoms with Gasteiger partial charge in [-0.25, -0.2) is 13.2 Å². The molecule has 1 aliphatic heterocycles. The smallest absolute Gasteiger partial charge is 0.319 e. The number of ether oxygens (including phenoxy) is 3. The molecule has 3 rings (SSSR count). The number of urea groups is 1. The third kappa shape index (κ3) is 10.1. The van der Waals surface area contributed by atoms with Crippen LogP contribution in [0, 0.1) is 0 Å². The van der Waals surface area contributed by atoms with Crippen LogP contribution in [0.15, 0.2) is 41.5 Å².